The topological polar surface area (TPSA) is 124 Å². The van der Waals surface area contributed by atoms with Crippen LogP contribution < -0.4 is 10.1 Å². The maximum Gasteiger partial charge on any atom is 0.408 e. The molecule has 1 fully saturated rings. The van der Waals surface area contributed by atoms with Crippen molar-refractivity contribution in [3.8, 4) is 5.75 Å². The SMILES string of the molecule is COc1ccc(COC(=O)C2C(N=C=O)=CS[C@H]3C(NC(=O)OC(C)(C)C)C(=O)N23)cc1. The molecule has 0 saturated carbocycles. The fourth-order valence-corrected chi connectivity index (χ4v) is 4.31. The number of nitrogens with zero attached hydrogens (tertiary/aromatic N) is 2. The predicted molar refractivity (Wildman–Crippen MR) is 114 cm³/mol. The fourth-order valence-electron chi connectivity index (χ4n) is 3.15. The first-order valence-corrected chi connectivity index (χ1v) is 10.6. The van der Waals surface area contributed by atoms with E-state index >= 15 is 0 Å². The van der Waals surface area contributed by atoms with E-state index in [4.69, 9.17) is 14.2 Å². The Balaban J connectivity index is 1.71. The second kappa shape index (κ2) is 9.46. The number of alkyl carbamates (subject to hydrolysis) is 1. The van der Waals surface area contributed by atoms with Crippen LogP contribution in [0.1, 0.15) is 26.3 Å². The summed E-state index contributed by atoms with van der Waals surface area (Å²) in [4.78, 5) is 53.3. The van der Waals surface area contributed by atoms with E-state index in [2.05, 4.69) is 10.3 Å². The largest absolute Gasteiger partial charge is 0.497 e. The summed E-state index contributed by atoms with van der Waals surface area (Å²) in [5.74, 6) is -0.598. The van der Waals surface area contributed by atoms with E-state index in [0.29, 0.717) is 11.3 Å². The van der Waals surface area contributed by atoms with Gasteiger partial charge in [0.1, 0.15) is 29.4 Å². The third-order valence-electron chi connectivity index (χ3n) is 4.58. The Labute approximate surface area is 189 Å². The molecule has 2 aliphatic rings. The Kier molecular flexibility index (Phi) is 6.90. The highest BCUT2D eigenvalue weighted by Crippen LogP contribution is 2.40. The van der Waals surface area contributed by atoms with Crippen molar-refractivity contribution in [1.29, 1.82) is 0 Å². The van der Waals surface area contributed by atoms with Gasteiger partial charge in [0.2, 0.25) is 12.0 Å². The van der Waals surface area contributed by atoms with Gasteiger partial charge in [0.15, 0.2) is 6.04 Å². The summed E-state index contributed by atoms with van der Waals surface area (Å²) in [6, 6.07) is 4.83. The van der Waals surface area contributed by atoms with Crippen LogP contribution in [0.25, 0.3) is 0 Å². The van der Waals surface area contributed by atoms with E-state index in [-0.39, 0.29) is 12.3 Å². The molecule has 11 heteroatoms. The summed E-state index contributed by atoms with van der Waals surface area (Å²) in [6.07, 6.45) is 0.656. The van der Waals surface area contributed by atoms with Crippen molar-refractivity contribution in [2.75, 3.05) is 7.11 Å². The minimum atomic E-state index is -1.22. The van der Waals surface area contributed by atoms with Crippen LogP contribution in [0, 0.1) is 0 Å². The molecule has 2 amide bonds. The molecule has 3 atom stereocenters. The average Bonchev–Trinajstić information content (AvgIpc) is 2.74. The van der Waals surface area contributed by atoms with Crippen LogP contribution in [0.5, 0.6) is 5.75 Å². The Hall–Kier alpha value is -3.30. The van der Waals surface area contributed by atoms with Crippen LogP contribution >= 0.6 is 11.8 Å². The molecule has 3 rings (SSSR count). The average molecular weight is 461 g/mol. The Morgan fingerprint density at radius 3 is 2.53 bits per heavy atom. The van der Waals surface area contributed by atoms with Gasteiger partial charge in [-0.15, -0.1) is 11.8 Å². The van der Waals surface area contributed by atoms with Crippen LogP contribution in [0.15, 0.2) is 40.4 Å². The first-order valence-electron chi connectivity index (χ1n) is 9.69. The zero-order valence-corrected chi connectivity index (χ0v) is 18.8. The molecule has 1 N–H and O–H groups in total. The summed E-state index contributed by atoms with van der Waals surface area (Å²) in [5.41, 5.74) is 0.0327. The normalized spacial score (nSPS) is 21.9. The summed E-state index contributed by atoms with van der Waals surface area (Å²) < 4.78 is 15.7. The van der Waals surface area contributed by atoms with Crippen molar-refractivity contribution in [2.45, 2.75) is 50.4 Å². The van der Waals surface area contributed by atoms with Crippen LogP contribution in [0.3, 0.4) is 0 Å². The lowest BCUT2D eigenvalue weighted by Crippen LogP contribution is -2.74. The summed E-state index contributed by atoms with van der Waals surface area (Å²) in [6.45, 7) is 5.07. The lowest BCUT2D eigenvalue weighted by molar-refractivity contribution is -0.163. The van der Waals surface area contributed by atoms with Crippen molar-refractivity contribution in [1.82, 2.24) is 10.2 Å². The highest BCUT2D eigenvalue weighted by atomic mass is 32.2. The van der Waals surface area contributed by atoms with Crippen LogP contribution in [0.4, 0.5) is 4.79 Å². The second-order valence-electron chi connectivity index (χ2n) is 8.00. The molecule has 0 aromatic heterocycles. The molecule has 0 bridgehead atoms. The van der Waals surface area contributed by atoms with Gasteiger partial charge in [-0.1, -0.05) is 12.1 Å². The number of nitrogens with one attached hydrogen (secondary N) is 1. The van der Waals surface area contributed by atoms with Crippen molar-refractivity contribution in [2.24, 2.45) is 4.99 Å². The van der Waals surface area contributed by atoms with Gasteiger partial charge in [-0.3, -0.25) is 4.79 Å². The van der Waals surface area contributed by atoms with Crippen molar-refractivity contribution >= 4 is 35.8 Å². The monoisotopic (exact) mass is 461 g/mol. The first-order chi connectivity index (χ1) is 15.1. The number of carbonyl (C=O) groups excluding carboxylic acids is 4. The highest BCUT2D eigenvalue weighted by Gasteiger charge is 2.56. The van der Waals surface area contributed by atoms with Crippen molar-refractivity contribution in [3.05, 3.63) is 40.9 Å². The fraction of sp³-hybridized carbons (Fsp3) is 0.429. The molecular formula is C21H23N3O7S. The number of ether oxygens (including phenoxy) is 3. The molecule has 2 heterocycles. The summed E-state index contributed by atoms with van der Waals surface area (Å²) in [7, 11) is 1.54. The van der Waals surface area contributed by atoms with Gasteiger partial charge in [-0.2, -0.15) is 4.99 Å². The minimum absolute atomic E-state index is 0.0448. The number of hydrogen-bond donors (Lipinski definition) is 1. The van der Waals surface area contributed by atoms with Gasteiger partial charge in [0, 0.05) is 0 Å². The predicted octanol–water partition coefficient (Wildman–Crippen LogP) is 2.09. The molecule has 2 aliphatic heterocycles. The molecule has 0 spiro atoms. The molecule has 1 saturated heterocycles. The number of β-lactam (4-membered cyclic amide) rings is 1. The number of aliphatic imine (C=N–C) groups is 1. The van der Waals surface area contributed by atoms with Crippen LogP contribution in [0.2, 0.25) is 0 Å². The van der Waals surface area contributed by atoms with E-state index in [1.54, 1.807) is 52.1 Å². The lowest BCUT2D eigenvalue weighted by atomic mass is 10.0. The van der Waals surface area contributed by atoms with Crippen LogP contribution in [-0.4, -0.2) is 59.1 Å². The highest BCUT2D eigenvalue weighted by molar-refractivity contribution is 8.02. The lowest BCUT2D eigenvalue weighted by Gasteiger charge is -2.50. The smallest absolute Gasteiger partial charge is 0.408 e. The third-order valence-corrected chi connectivity index (χ3v) is 5.73. The van der Waals surface area contributed by atoms with E-state index in [1.165, 1.54) is 16.4 Å². The molecule has 170 valence electrons. The Morgan fingerprint density at radius 1 is 1.25 bits per heavy atom. The molecule has 1 aromatic carbocycles. The van der Waals surface area contributed by atoms with Crippen LogP contribution in [-0.2, 0) is 30.5 Å². The molecule has 10 nitrogen and oxygen atoms in total. The molecule has 1 aromatic rings. The Morgan fingerprint density at radius 2 is 1.94 bits per heavy atom. The number of benzene rings is 1. The zero-order chi connectivity index (χ0) is 23.5. The number of amides is 2. The number of carbonyl (C=O) groups is 3. The second-order valence-corrected chi connectivity index (χ2v) is 8.99. The third kappa shape index (κ3) is 5.12. The number of rotatable bonds is 6. The quantitative estimate of drug-likeness (QED) is 0.296. The van der Waals surface area contributed by atoms with Gasteiger partial charge < -0.3 is 24.4 Å². The van der Waals surface area contributed by atoms with E-state index in [1.807, 2.05) is 0 Å². The molecule has 32 heavy (non-hydrogen) atoms. The summed E-state index contributed by atoms with van der Waals surface area (Å²) in [5, 5.41) is 3.44. The maximum atomic E-state index is 12.8. The van der Waals surface area contributed by atoms with Gasteiger partial charge in [-0.25, -0.2) is 14.4 Å². The van der Waals surface area contributed by atoms with Crippen molar-refractivity contribution < 1.29 is 33.4 Å². The maximum absolute atomic E-state index is 12.8. The van der Waals surface area contributed by atoms with Gasteiger partial charge in [0.25, 0.3) is 0 Å². The van der Waals surface area contributed by atoms with E-state index in [0.717, 1.165) is 11.8 Å². The number of hydrogen-bond acceptors (Lipinski definition) is 9. The molecular weight excluding hydrogens is 438 g/mol. The number of esters is 1. The standard InChI is InChI=1S/C21H23N3O7S/c1-21(2,3)31-20(28)23-15-17(26)24-16(14(22-11-25)10-32-18(15)24)19(27)30-9-12-5-7-13(29-4)8-6-12/h5-8,10,15-16,18H,9H2,1-4H3,(H,23,28)/t15?,16?,18-/m0/s1. The zero-order valence-electron chi connectivity index (χ0n) is 18.0. The number of methoxy groups -OCH3 is 1. The Bertz CT molecular complexity index is 980. The molecule has 0 aliphatic carbocycles. The van der Waals surface area contributed by atoms with E-state index < -0.39 is 41.0 Å². The van der Waals surface area contributed by atoms with E-state index in [9.17, 15) is 19.2 Å². The van der Waals surface area contributed by atoms with Crippen molar-refractivity contribution in [3.63, 3.8) is 0 Å². The number of isocyanates is 1. The van der Waals surface area contributed by atoms with Gasteiger partial charge in [-0.05, 0) is 43.9 Å². The minimum Gasteiger partial charge on any atom is -0.497 e. The number of fused-ring (bicyclic) bond motifs is 1. The molecule has 0 radical (unpaired) electrons. The van der Waals surface area contributed by atoms with Gasteiger partial charge in [0.05, 0.1) is 12.8 Å². The van der Waals surface area contributed by atoms with Gasteiger partial charge >= 0.3 is 12.1 Å². The summed E-state index contributed by atoms with van der Waals surface area (Å²) >= 11 is 1.15. The molecule has 2 unspecified atom stereocenters. The first kappa shape index (κ1) is 23.4. The number of thioether (sulfide) groups is 1.